The van der Waals surface area contributed by atoms with Crippen LogP contribution < -0.4 is 14.8 Å². The van der Waals surface area contributed by atoms with Crippen molar-refractivity contribution in [3.63, 3.8) is 0 Å². The van der Waals surface area contributed by atoms with Gasteiger partial charge in [0.15, 0.2) is 17.3 Å². The lowest BCUT2D eigenvalue weighted by Crippen LogP contribution is -2.25. The minimum Gasteiger partial charge on any atom is -0.490 e. The summed E-state index contributed by atoms with van der Waals surface area (Å²) in [5.74, 6) is 2.64. The van der Waals surface area contributed by atoms with Gasteiger partial charge in [0, 0.05) is 19.4 Å². The smallest absolute Gasteiger partial charge is 0.220 e. The molecule has 0 unspecified atom stereocenters. The lowest BCUT2D eigenvalue weighted by atomic mass is 10.1. The number of nitrogens with one attached hydrogen (secondary N) is 1. The standard InChI is InChI=1S/C22H29NO5/c1-5-26-20-9-7-17(13-21(20)27-6-2)11-12-23-22(25)10-8-18-14-19(15(3)24)16(4)28-18/h7,9,13-14H,5-6,8,10-12H2,1-4H3,(H,23,25). The van der Waals surface area contributed by atoms with Gasteiger partial charge >= 0.3 is 0 Å². The van der Waals surface area contributed by atoms with Gasteiger partial charge in [-0.25, -0.2) is 0 Å². The maximum Gasteiger partial charge on any atom is 0.220 e. The number of hydrogen-bond acceptors (Lipinski definition) is 5. The van der Waals surface area contributed by atoms with Crippen molar-refractivity contribution in [3.05, 3.63) is 46.9 Å². The van der Waals surface area contributed by atoms with E-state index in [-0.39, 0.29) is 11.7 Å². The van der Waals surface area contributed by atoms with Crippen molar-refractivity contribution in [1.82, 2.24) is 5.32 Å². The highest BCUT2D eigenvalue weighted by molar-refractivity contribution is 5.95. The number of carbonyl (C=O) groups excluding carboxylic acids is 2. The Morgan fingerprint density at radius 2 is 1.75 bits per heavy atom. The monoisotopic (exact) mass is 387 g/mol. The van der Waals surface area contributed by atoms with Crippen LogP contribution >= 0.6 is 0 Å². The largest absolute Gasteiger partial charge is 0.490 e. The van der Waals surface area contributed by atoms with E-state index in [1.807, 2.05) is 32.0 Å². The fourth-order valence-corrected chi connectivity index (χ4v) is 2.94. The molecule has 0 fully saturated rings. The molecule has 0 atom stereocenters. The Bertz CT molecular complexity index is 809. The molecule has 1 aromatic carbocycles. The molecule has 152 valence electrons. The first-order chi connectivity index (χ1) is 13.4. The van der Waals surface area contributed by atoms with E-state index in [0.717, 1.165) is 17.1 Å². The molecule has 0 aliphatic carbocycles. The van der Waals surface area contributed by atoms with E-state index in [2.05, 4.69) is 5.32 Å². The van der Waals surface area contributed by atoms with Gasteiger partial charge in [-0.1, -0.05) is 6.07 Å². The van der Waals surface area contributed by atoms with Gasteiger partial charge in [0.25, 0.3) is 0 Å². The molecule has 28 heavy (non-hydrogen) atoms. The summed E-state index contributed by atoms with van der Waals surface area (Å²) in [7, 11) is 0. The second-order valence-corrected chi connectivity index (χ2v) is 6.49. The molecule has 0 aliphatic rings. The molecule has 0 saturated heterocycles. The van der Waals surface area contributed by atoms with Crippen molar-refractivity contribution < 1.29 is 23.5 Å². The van der Waals surface area contributed by atoms with Gasteiger partial charge < -0.3 is 19.2 Å². The van der Waals surface area contributed by atoms with Crippen molar-refractivity contribution in [2.24, 2.45) is 0 Å². The highest BCUT2D eigenvalue weighted by atomic mass is 16.5. The minimum absolute atomic E-state index is 0.0290. The average Bonchev–Trinajstić information content (AvgIpc) is 3.03. The molecule has 1 heterocycles. The predicted molar refractivity (Wildman–Crippen MR) is 107 cm³/mol. The highest BCUT2D eigenvalue weighted by Gasteiger charge is 2.12. The summed E-state index contributed by atoms with van der Waals surface area (Å²) in [6, 6.07) is 7.56. The summed E-state index contributed by atoms with van der Waals surface area (Å²) >= 11 is 0. The Labute approximate surface area is 166 Å². The zero-order valence-electron chi connectivity index (χ0n) is 17.1. The van der Waals surface area contributed by atoms with Crippen LogP contribution in [0.25, 0.3) is 0 Å². The van der Waals surface area contributed by atoms with Crippen LogP contribution in [0.1, 0.15) is 54.6 Å². The van der Waals surface area contributed by atoms with Crippen LogP contribution in [0, 0.1) is 6.92 Å². The van der Waals surface area contributed by atoms with Gasteiger partial charge in [0.2, 0.25) is 5.91 Å². The third-order valence-corrected chi connectivity index (χ3v) is 4.29. The molecule has 0 bridgehead atoms. The van der Waals surface area contributed by atoms with Crippen LogP contribution in [-0.2, 0) is 17.6 Å². The van der Waals surface area contributed by atoms with Gasteiger partial charge in [-0.05, 0) is 57.9 Å². The molecule has 0 aliphatic heterocycles. The van der Waals surface area contributed by atoms with E-state index >= 15 is 0 Å². The molecule has 1 aromatic heterocycles. The average molecular weight is 387 g/mol. The molecule has 0 saturated carbocycles. The van der Waals surface area contributed by atoms with Crippen LogP contribution in [0.2, 0.25) is 0 Å². The number of hydrogen-bond donors (Lipinski definition) is 1. The number of aryl methyl sites for hydroxylation is 2. The van der Waals surface area contributed by atoms with Crippen LogP contribution in [0.15, 0.2) is 28.7 Å². The molecule has 1 amide bonds. The van der Waals surface area contributed by atoms with E-state index in [0.29, 0.717) is 56.1 Å². The second kappa shape index (κ2) is 10.5. The van der Waals surface area contributed by atoms with Crippen molar-refractivity contribution in [3.8, 4) is 11.5 Å². The number of rotatable bonds is 11. The Hall–Kier alpha value is -2.76. The second-order valence-electron chi connectivity index (χ2n) is 6.49. The maximum absolute atomic E-state index is 12.1. The predicted octanol–water partition coefficient (Wildman–Crippen LogP) is 3.88. The molecule has 0 spiro atoms. The van der Waals surface area contributed by atoms with E-state index in [1.54, 1.807) is 13.0 Å². The molecule has 2 aromatic rings. The third kappa shape index (κ3) is 6.15. The molecular weight excluding hydrogens is 358 g/mol. The fourth-order valence-electron chi connectivity index (χ4n) is 2.94. The normalized spacial score (nSPS) is 10.6. The number of benzene rings is 1. The zero-order chi connectivity index (χ0) is 20.5. The molecular formula is C22H29NO5. The Kier molecular flexibility index (Phi) is 8.11. The van der Waals surface area contributed by atoms with Gasteiger partial charge in [-0.3, -0.25) is 9.59 Å². The molecule has 6 heteroatoms. The maximum atomic E-state index is 12.1. The number of ketones is 1. The summed E-state index contributed by atoms with van der Waals surface area (Å²) in [4.78, 5) is 23.5. The number of Topliss-reactive ketones (excluding diaryl/α,β-unsaturated/α-hetero) is 1. The van der Waals surface area contributed by atoms with E-state index in [1.165, 1.54) is 6.92 Å². The highest BCUT2D eigenvalue weighted by Crippen LogP contribution is 2.28. The van der Waals surface area contributed by atoms with Crippen molar-refractivity contribution in [2.75, 3.05) is 19.8 Å². The lowest BCUT2D eigenvalue weighted by molar-refractivity contribution is -0.121. The van der Waals surface area contributed by atoms with Crippen LogP contribution in [0.3, 0.4) is 0 Å². The van der Waals surface area contributed by atoms with Gasteiger partial charge in [-0.2, -0.15) is 0 Å². The van der Waals surface area contributed by atoms with Crippen molar-refractivity contribution in [1.29, 1.82) is 0 Å². The SMILES string of the molecule is CCOc1ccc(CCNC(=O)CCc2cc(C(C)=O)c(C)o2)cc1OCC. The van der Waals surface area contributed by atoms with E-state index in [9.17, 15) is 9.59 Å². The van der Waals surface area contributed by atoms with Crippen LogP contribution in [0.4, 0.5) is 0 Å². The first-order valence-electron chi connectivity index (χ1n) is 9.70. The number of carbonyl (C=O) groups is 2. The molecule has 1 N–H and O–H groups in total. The van der Waals surface area contributed by atoms with E-state index in [4.69, 9.17) is 13.9 Å². The topological polar surface area (TPSA) is 77.8 Å². The summed E-state index contributed by atoms with van der Waals surface area (Å²) in [6.07, 6.45) is 1.49. The Morgan fingerprint density at radius 1 is 1.04 bits per heavy atom. The minimum atomic E-state index is -0.0469. The van der Waals surface area contributed by atoms with Crippen molar-refractivity contribution in [2.45, 2.75) is 47.0 Å². The lowest BCUT2D eigenvalue weighted by Gasteiger charge is -2.12. The fraction of sp³-hybridized carbons (Fsp3) is 0.455. The first kappa shape index (κ1) is 21.5. The Balaban J connectivity index is 1.81. The number of amides is 1. The first-order valence-corrected chi connectivity index (χ1v) is 9.70. The summed E-state index contributed by atoms with van der Waals surface area (Å²) < 4.78 is 16.7. The number of ether oxygens (including phenoxy) is 2. The van der Waals surface area contributed by atoms with Gasteiger partial charge in [0.05, 0.1) is 18.8 Å². The van der Waals surface area contributed by atoms with Crippen molar-refractivity contribution >= 4 is 11.7 Å². The summed E-state index contributed by atoms with van der Waals surface area (Å²) in [6.45, 7) is 8.82. The van der Waals surface area contributed by atoms with Gasteiger partial charge in [0.1, 0.15) is 11.5 Å². The molecule has 2 rings (SSSR count). The number of furan rings is 1. The Morgan fingerprint density at radius 3 is 2.39 bits per heavy atom. The van der Waals surface area contributed by atoms with E-state index < -0.39 is 0 Å². The summed E-state index contributed by atoms with van der Waals surface area (Å²) in [5, 5.41) is 2.92. The molecule has 0 radical (unpaired) electrons. The quantitative estimate of drug-likeness (QED) is 0.592. The molecule has 6 nitrogen and oxygen atoms in total. The zero-order valence-corrected chi connectivity index (χ0v) is 17.1. The third-order valence-electron chi connectivity index (χ3n) is 4.29. The van der Waals surface area contributed by atoms with Gasteiger partial charge in [-0.15, -0.1) is 0 Å². The van der Waals surface area contributed by atoms with Crippen LogP contribution in [-0.4, -0.2) is 31.4 Å². The summed E-state index contributed by atoms with van der Waals surface area (Å²) in [5.41, 5.74) is 1.65. The van der Waals surface area contributed by atoms with Crippen LogP contribution in [0.5, 0.6) is 11.5 Å².